The molecule has 0 aromatic rings. The Kier molecular flexibility index (Phi) is 4.42. The topological polar surface area (TPSA) is 35.5 Å². The molecule has 3 nitrogen and oxygen atoms in total. The molecule has 0 aliphatic carbocycles. The highest BCUT2D eigenvalue weighted by Crippen LogP contribution is 2.20. The number of hydrogen-bond acceptors (Lipinski definition) is 3. The molecule has 2 N–H and O–H groups in total. The van der Waals surface area contributed by atoms with Crippen molar-refractivity contribution in [1.82, 2.24) is 10.2 Å². The summed E-state index contributed by atoms with van der Waals surface area (Å²) < 4.78 is 0. The molecule has 2 saturated heterocycles. The van der Waals surface area contributed by atoms with Crippen LogP contribution in [0.25, 0.3) is 0 Å². The standard InChI is InChI=1S/C12H24N2O/c15-10-5-11-2-7-14(8-3-11)9-4-12-1-6-13-12/h11-13,15H,1-10H2. The Labute approximate surface area is 92.8 Å². The molecule has 0 radical (unpaired) electrons. The highest BCUT2D eigenvalue weighted by atomic mass is 16.3. The van der Waals surface area contributed by atoms with Crippen molar-refractivity contribution in [3.8, 4) is 0 Å². The van der Waals surface area contributed by atoms with Gasteiger partial charge in [-0.1, -0.05) is 0 Å². The van der Waals surface area contributed by atoms with Gasteiger partial charge in [-0.15, -0.1) is 0 Å². The summed E-state index contributed by atoms with van der Waals surface area (Å²) in [5, 5.41) is 12.3. The van der Waals surface area contributed by atoms with Gasteiger partial charge in [0.1, 0.15) is 0 Å². The first-order valence-electron chi connectivity index (χ1n) is 6.45. The van der Waals surface area contributed by atoms with Gasteiger partial charge in [-0.3, -0.25) is 0 Å². The van der Waals surface area contributed by atoms with Gasteiger partial charge in [0.15, 0.2) is 0 Å². The number of aliphatic hydroxyl groups excluding tert-OH is 1. The van der Waals surface area contributed by atoms with Crippen LogP contribution in [0.5, 0.6) is 0 Å². The second-order valence-electron chi connectivity index (χ2n) is 5.03. The maximum absolute atomic E-state index is 8.88. The van der Waals surface area contributed by atoms with E-state index in [1.54, 1.807) is 0 Å². The lowest BCUT2D eigenvalue weighted by Gasteiger charge is -2.34. The Morgan fingerprint density at radius 1 is 1.13 bits per heavy atom. The molecule has 0 aromatic carbocycles. The smallest absolute Gasteiger partial charge is 0.0433 e. The Morgan fingerprint density at radius 2 is 1.87 bits per heavy atom. The maximum Gasteiger partial charge on any atom is 0.0433 e. The Hall–Kier alpha value is -0.120. The minimum absolute atomic E-state index is 0.372. The summed E-state index contributed by atoms with van der Waals surface area (Å²) >= 11 is 0. The second-order valence-corrected chi connectivity index (χ2v) is 5.03. The normalized spacial score (nSPS) is 29.0. The van der Waals surface area contributed by atoms with Crippen molar-refractivity contribution >= 4 is 0 Å². The molecule has 1 unspecified atom stereocenters. The summed E-state index contributed by atoms with van der Waals surface area (Å²) in [6.45, 7) is 5.36. The van der Waals surface area contributed by atoms with E-state index >= 15 is 0 Å². The number of nitrogens with zero attached hydrogens (tertiary/aromatic N) is 1. The zero-order chi connectivity index (χ0) is 10.5. The van der Waals surface area contributed by atoms with E-state index in [-0.39, 0.29) is 0 Å². The summed E-state index contributed by atoms with van der Waals surface area (Å²) in [5.74, 6) is 0.785. The first-order chi connectivity index (χ1) is 7.38. The average Bonchev–Trinajstić information content (AvgIpc) is 2.19. The second kappa shape index (κ2) is 5.83. The molecule has 15 heavy (non-hydrogen) atoms. The van der Waals surface area contributed by atoms with Crippen LogP contribution in [0.15, 0.2) is 0 Å². The van der Waals surface area contributed by atoms with E-state index in [1.807, 2.05) is 0 Å². The third-order valence-corrected chi connectivity index (χ3v) is 3.96. The number of aliphatic hydroxyl groups is 1. The van der Waals surface area contributed by atoms with Gasteiger partial charge in [0, 0.05) is 12.6 Å². The van der Waals surface area contributed by atoms with Crippen molar-refractivity contribution in [1.29, 1.82) is 0 Å². The van der Waals surface area contributed by atoms with Crippen molar-refractivity contribution in [2.24, 2.45) is 5.92 Å². The predicted molar refractivity (Wildman–Crippen MR) is 61.9 cm³/mol. The molecule has 0 spiro atoms. The van der Waals surface area contributed by atoms with E-state index in [9.17, 15) is 0 Å². The lowest BCUT2D eigenvalue weighted by Crippen LogP contribution is -2.45. The number of rotatable bonds is 5. The van der Waals surface area contributed by atoms with Gasteiger partial charge in [-0.25, -0.2) is 0 Å². The molecule has 0 bridgehead atoms. The predicted octanol–water partition coefficient (Wildman–Crippen LogP) is 0.833. The van der Waals surface area contributed by atoms with Gasteiger partial charge >= 0.3 is 0 Å². The molecule has 0 aromatic heterocycles. The van der Waals surface area contributed by atoms with Crippen molar-refractivity contribution in [2.45, 2.75) is 38.1 Å². The van der Waals surface area contributed by atoms with Crippen LogP contribution in [0.2, 0.25) is 0 Å². The fraction of sp³-hybridized carbons (Fsp3) is 1.00. The van der Waals surface area contributed by atoms with E-state index < -0.39 is 0 Å². The zero-order valence-corrected chi connectivity index (χ0v) is 9.62. The Bertz CT molecular complexity index is 174. The van der Waals surface area contributed by atoms with E-state index in [0.29, 0.717) is 6.61 Å². The van der Waals surface area contributed by atoms with Crippen LogP contribution in [0.1, 0.15) is 32.1 Å². The molecule has 0 amide bonds. The van der Waals surface area contributed by atoms with Crippen LogP contribution in [0.3, 0.4) is 0 Å². The highest BCUT2D eigenvalue weighted by Gasteiger charge is 2.21. The van der Waals surface area contributed by atoms with Crippen LogP contribution >= 0.6 is 0 Å². The molecule has 0 saturated carbocycles. The summed E-state index contributed by atoms with van der Waals surface area (Å²) in [4.78, 5) is 2.59. The number of likely N-dealkylation sites (tertiary alicyclic amines) is 1. The SMILES string of the molecule is OCCC1CCN(CCC2CCN2)CC1. The van der Waals surface area contributed by atoms with Crippen molar-refractivity contribution < 1.29 is 5.11 Å². The molecule has 88 valence electrons. The summed E-state index contributed by atoms with van der Waals surface area (Å²) in [6.07, 6.45) is 6.29. The van der Waals surface area contributed by atoms with Crippen LogP contribution < -0.4 is 5.32 Å². The maximum atomic E-state index is 8.88. The highest BCUT2D eigenvalue weighted by molar-refractivity contribution is 4.80. The average molecular weight is 212 g/mol. The van der Waals surface area contributed by atoms with Crippen LogP contribution in [-0.2, 0) is 0 Å². The van der Waals surface area contributed by atoms with Crippen LogP contribution in [-0.4, -0.2) is 48.8 Å². The van der Waals surface area contributed by atoms with Gasteiger partial charge < -0.3 is 15.3 Å². The first-order valence-corrected chi connectivity index (χ1v) is 6.45. The zero-order valence-electron chi connectivity index (χ0n) is 9.62. The van der Waals surface area contributed by atoms with Gasteiger partial charge in [-0.05, 0) is 64.2 Å². The fourth-order valence-corrected chi connectivity index (χ4v) is 2.61. The number of hydrogen-bond donors (Lipinski definition) is 2. The lowest BCUT2D eigenvalue weighted by molar-refractivity contribution is 0.149. The number of nitrogens with one attached hydrogen (secondary N) is 1. The third kappa shape index (κ3) is 3.44. The van der Waals surface area contributed by atoms with Crippen molar-refractivity contribution in [3.05, 3.63) is 0 Å². The van der Waals surface area contributed by atoms with Gasteiger partial charge in [-0.2, -0.15) is 0 Å². The van der Waals surface area contributed by atoms with Gasteiger partial charge in [0.25, 0.3) is 0 Å². The summed E-state index contributed by atoms with van der Waals surface area (Å²) in [6, 6.07) is 0.806. The van der Waals surface area contributed by atoms with E-state index in [4.69, 9.17) is 5.11 Å². The lowest BCUT2D eigenvalue weighted by atomic mass is 9.93. The Morgan fingerprint density at radius 3 is 2.40 bits per heavy atom. The van der Waals surface area contributed by atoms with E-state index in [2.05, 4.69) is 10.2 Å². The molecular formula is C12H24N2O. The molecule has 1 atom stereocenters. The molecule has 2 aliphatic heterocycles. The van der Waals surface area contributed by atoms with Crippen LogP contribution in [0.4, 0.5) is 0 Å². The van der Waals surface area contributed by atoms with Crippen LogP contribution in [0, 0.1) is 5.92 Å². The molecule has 2 heterocycles. The molecule has 2 fully saturated rings. The van der Waals surface area contributed by atoms with E-state index in [0.717, 1.165) is 18.4 Å². The molecule has 2 aliphatic rings. The van der Waals surface area contributed by atoms with Crippen molar-refractivity contribution in [2.75, 3.05) is 32.8 Å². The first kappa shape index (κ1) is 11.4. The Balaban J connectivity index is 1.56. The molecular weight excluding hydrogens is 188 g/mol. The van der Waals surface area contributed by atoms with Gasteiger partial charge in [0.05, 0.1) is 0 Å². The third-order valence-electron chi connectivity index (χ3n) is 3.96. The number of piperidine rings is 1. The monoisotopic (exact) mass is 212 g/mol. The fourth-order valence-electron chi connectivity index (χ4n) is 2.61. The molecule has 3 heteroatoms. The quantitative estimate of drug-likeness (QED) is 0.708. The van der Waals surface area contributed by atoms with E-state index in [1.165, 1.54) is 51.9 Å². The van der Waals surface area contributed by atoms with Gasteiger partial charge in [0.2, 0.25) is 0 Å². The minimum atomic E-state index is 0.372. The summed E-state index contributed by atoms with van der Waals surface area (Å²) in [5.41, 5.74) is 0. The van der Waals surface area contributed by atoms with Crippen molar-refractivity contribution in [3.63, 3.8) is 0 Å². The largest absolute Gasteiger partial charge is 0.396 e. The summed E-state index contributed by atoms with van der Waals surface area (Å²) in [7, 11) is 0. The molecule has 2 rings (SSSR count). The minimum Gasteiger partial charge on any atom is -0.396 e.